The van der Waals surface area contributed by atoms with Gasteiger partial charge in [0, 0.05) is 38.2 Å². The Kier molecular flexibility index (Phi) is 8.11. The maximum atomic E-state index is 2.45. The topological polar surface area (TPSA) is 8.17 Å². The zero-order chi connectivity index (χ0) is 39.7. The van der Waals surface area contributed by atoms with E-state index in [1.807, 2.05) is 11.3 Å². The fourth-order valence-electron chi connectivity index (χ4n) is 9.67. The number of thiophene rings is 1. The quantitative estimate of drug-likeness (QED) is 0.163. The van der Waals surface area contributed by atoms with Gasteiger partial charge >= 0.3 is 0 Å². The summed E-state index contributed by atoms with van der Waals surface area (Å²) in [6.45, 7) is 2.30. The third kappa shape index (κ3) is 5.61. The summed E-state index contributed by atoms with van der Waals surface area (Å²) in [5, 5.41) is 7.65. The minimum absolute atomic E-state index is 0.563. The minimum Gasteiger partial charge on any atom is -0.310 e. The molecule has 0 saturated heterocycles. The summed E-state index contributed by atoms with van der Waals surface area (Å²) in [5.41, 5.74) is 14.7. The van der Waals surface area contributed by atoms with E-state index in [9.17, 15) is 0 Å². The first-order valence-electron chi connectivity index (χ1n) is 20.9. The molecular weight excluding hydrogens is 745 g/mol. The number of para-hydroxylation sites is 2. The summed E-state index contributed by atoms with van der Waals surface area (Å²) in [5.74, 6) is 0.563. The van der Waals surface area contributed by atoms with Gasteiger partial charge in [0.25, 0.3) is 0 Å². The first-order valence-corrected chi connectivity index (χ1v) is 21.7. The number of hydrogen-bond donors (Lipinski definition) is 0. The molecule has 1 unspecified atom stereocenters. The lowest BCUT2D eigenvalue weighted by atomic mass is 9.87. The van der Waals surface area contributed by atoms with Gasteiger partial charge in [-0.25, -0.2) is 0 Å². The Balaban J connectivity index is 1.02. The lowest BCUT2D eigenvalue weighted by molar-refractivity contribution is 0.718. The maximum absolute atomic E-state index is 2.45. The van der Waals surface area contributed by atoms with Gasteiger partial charge in [0.05, 0.1) is 15.7 Å². The molecule has 0 saturated carbocycles. The van der Waals surface area contributed by atoms with Crippen molar-refractivity contribution in [1.82, 2.24) is 4.57 Å². The Morgan fingerprint density at radius 1 is 0.500 bits per heavy atom. The van der Waals surface area contributed by atoms with Crippen LogP contribution in [-0.2, 0) is 6.42 Å². The van der Waals surface area contributed by atoms with Crippen LogP contribution in [0.1, 0.15) is 18.1 Å². The van der Waals surface area contributed by atoms with Gasteiger partial charge in [-0.15, -0.1) is 11.3 Å². The highest BCUT2D eigenvalue weighted by Crippen LogP contribution is 2.47. The van der Waals surface area contributed by atoms with Crippen molar-refractivity contribution in [2.45, 2.75) is 13.3 Å². The second-order valence-electron chi connectivity index (χ2n) is 16.2. The number of allylic oxidation sites excluding steroid dienone is 1. The third-order valence-corrected chi connectivity index (χ3v) is 13.7. The Morgan fingerprint density at radius 2 is 1.22 bits per heavy atom. The van der Waals surface area contributed by atoms with Gasteiger partial charge in [0.2, 0.25) is 0 Å². The molecule has 0 aliphatic heterocycles. The van der Waals surface area contributed by atoms with Gasteiger partial charge in [-0.1, -0.05) is 159 Å². The molecule has 0 bridgehead atoms. The molecule has 9 aromatic carbocycles. The molecule has 0 amide bonds. The molecule has 0 fully saturated rings. The van der Waals surface area contributed by atoms with Crippen LogP contribution in [0.25, 0.3) is 86.8 Å². The standard InChI is InChI=1S/C57H40N2S/c1-37-24-32-49-41(34-37)25-26-42-36-46(31-33-50(42)49)58(44-29-27-39(28-30-44)48-20-10-13-38-12-5-6-18-47(38)48)45-17-9-14-40(35-45)51-21-11-22-53-55-57(60-56(51)53)52-19-7-8-23-54(52)59(55)43-15-3-2-4-16-43/h2-33,35-37H,34H2,1H3. The predicted octanol–water partition coefficient (Wildman–Crippen LogP) is 16.3. The van der Waals surface area contributed by atoms with Crippen LogP contribution >= 0.6 is 11.3 Å². The van der Waals surface area contributed by atoms with E-state index >= 15 is 0 Å². The average Bonchev–Trinajstić information content (AvgIpc) is 3.84. The van der Waals surface area contributed by atoms with Crippen molar-refractivity contribution in [1.29, 1.82) is 0 Å². The fraction of sp³-hybridized carbons (Fsp3) is 0.0526. The second-order valence-corrected chi connectivity index (χ2v) is 17.2. The fourth-order valence-corrected chi connectivity index (χ4v) is 11.0. The first-order chi connectivity index (χ1) is 29.7. The molecule has 3 heteroatoms. The van der Waals surface area contributed by atoms with E-state index in [0.717, 1.165) is 23.5 Å². The van der Waals surface area contributed by atoms with E-state index in [1.54, 1.807) is 0 Å². The molecular formula is C57H40N2S. The van der Waals surface area contributed by atoms with Crippen LogP contribution in [0.3, 0.4) is 0 Å². The van der Waals surface area contributed by atoms with E-state index in [2.05, 4.69) is 223 Å². The summed E-state index contributed by atoms with van der Waals surface area (Å²) in [4.78, 5) is 2.43. The number of aromatic nitrogens is 1. The molecule has 1 atom stereocenters. The van der Waals surface area contributed by atoms with Crippen LogP contribution in [0.4, 0.5) is 17.1 Å². The molecule has 60 heavy (non-hydrogen) atoms. The van der Waals surface area contributed by atoms with Crippen molar-refractivity contribution in [2.75, 3.05) is 4.90 Å². The summed E-state index contributed by atoms with van der Waals surface area (Å²) in [6, 6.07) is 71.6. The van der Waals surface area contributed by atoms with Crippen molar-refractivity contribution in [3.8, 4) is 27.9 Å². The predicted molar refractivity (Wildman–Crippen MR) is 259 cm³/mol. The SMILES string of the molecule is CC1C=Cc2c(ccc3cc(N(c4ccc(-c5cccc6ccccc56)cc4)c4cccc(-c5cccc6c5sc5c7ccccc7n(-c7ccccc7)c65)c4)ccc23)C1. The molecule has 0 spiro atoms. The third-order valence-electron chi connectivity index (χ3n) is 12.5. The van der Waals surface area contributed by atoms with Crippen molar-refractivity contribution in [2.24, 2.45) is 5.92 Å². The molecule has 2 aromatic heterocycles. The molecule has 12 rings (SSSR count). The van der Waals surface area contributed by atoms with Crippen LogP contribution in [0.15, 0.2) is 200 Å². The smallest absolute Gasteiger partial charge is 0.0727 e. The Labute approximate surface area is 353 Å². The zero-order valence-corrected chi connectivity index (χ0v) is 34.0. The van der Waals surface area contributed by atoms with E-state index < -0.39 is 0 Å². The van der Waals surface area contributed by atoms with Gasteiger partial charge in [-0.2, -0.15) is 0 Å². The van der Waals surface area contributed by atoms with Gasteiger partial charge in [-0.3, -0.25) is 0 Å². The number of benzene rings is 9. The Morgan fingerprint density at radius 3 is 2.12 bits per heavy atom. The molecule has 11 aromatic rings. The average molecular weight is 785 g/mol. The summed E-state index contributed by atoms with van der Waals surface area (Å²) in [6.07, 6.45) is 5.77. The monoisotopic (exact) mass is 784 g/mol. The largest absolute Gasteiger partial charge is 0.310 e. The molecule has 1 aliphatic rings. The van der Waals surface area contributed by atoms with E-state index in [-0.39, 0.29) is 0 Å². The van der Waals surface area contributed by atoms with Crippen molar-refractivity contribution in [3.05, 3.63) is 211 Å². The highest BCUT2D eigenvalue weighted by molar-refractivity contribution is 7.27. The van der Waals surface area contributed by atoms with E-state index in [1.165, 1.54) is 91.8 Å². The molecule has 2 nitrogen and oxygen atoms in total. The lowest BCUT2D eigenvalue weighted by Gasteiger charge is -2.27. The highest BCUT2D eigenvalue weighted by Gasteiger charge is 2.21. The Hall–Kier alpha value is -7.20. The molecule has 1 aliphatic carbocycles. The van der Waals surface area contributed by atoms with Crippen LogP contribution < -0.4 is 4.90 Å². The van der Waals surface area contributed by atoms with Gasteiger partial charge in [0.15, 0.2) is 0 Å². The van der Waals surface area contributed by atoms with Crippen LogP contribution in [0.2, 0.25) is 0 Å². The molecule has 284 valence electrons. The number of fused-ring (bicyclic) bond motifs is 9. The number of nitrogens with zero attached hydrogens (tertiary/aromatic N) is 2. The van der Waals surface area contributed by atoms with E-state index in [0.29, 0.717) is 5.92 Å². The first kappa shape index (κ1) is 34.8. The van der Waals surface area contributed by atoms with Crippen LogP contribution in [0.5, 0.6) is 0 Å². The zero-order valence-electron chi connectivity index (χ0n) is 33.2. The van der Waals surface area contributed by atoms with Gasteiger partial charge in [0.1, 0.15) is 0 Å². The number of anilines is 3. The summed E-state index contributed by atoms with van der Waals surface area (Å²) >= 11 is 1.91. The van der Waals surface area contributed by atoms with Crippen LogP contribution in [-0.4, -0.2) is 4.57 Å². The maximum Gasteiger partial charge on any atom is 0.0727 e. The second kappa shape index (κ2) is 14.0. The van der Waals surface area contributed by atoms with Crippen molar-refractivity contribution >= 4 is 87.2 Å². The lowest BCUT2D eigenvalue weighted by Crippen LogP contribution is -2.10. The normalized spacial score (nSPS) is 13.8. The minimum atomic E-state index is 0.563. The van der Waals surface area contributed by atoms with Crippen molar-refractivity contribution < 1.29 is 0 Å². The Bertz CT molecular complexity index is 3470. The number of rotatable bonds is 6. The van der Waals surface area contributed by atoms with Crippen molar-refractivity contribution in [3.63, 3.8) is 0 Å². The molecule has 0 radical (unpaired) electrons. The molecule has 0 N–H and O–H groups in total. The van der Waals surface area contributed by atoms with Gasteiger partial charge < -0.3 is 9.47 Å². The summed E-state index contributed by atoms with van der Waals surface area (Å²) in [7, 11) is 0. The summed E-state index contributed by atoms with van der Waals surface area (Å²) < 4.78 is 5.07. The van der Waals surface area contributed by atoms with Gasteiger partial charge in [-0.05, 0) is 122 Å². The van der Waals surface area contributed by atoms with Crippen LogP contribution in [0, 0.1) is 5.92 Å². The van der Waals surface area contributed by atoms with E-state index in [4.69, 9.17) is 0 Å². The number of hydrogen-bond acceptors (Lipinski definition) is 2. The highest BCUT2D eigenvalue weighted by atomic mass is 32.1. The molecule has 2 heterocycles.